The van der Waals surface area contributed by atoms with Gasteiger partial charge in [-0.15, -0.1) is 0 Å². The minimum absolute atomic E-state index is 0.964. The molecule has 0 atom stereocenters. The second kappa shape index (κ2) is 4.16. The van der Waals surface area contributed by atoms with E-state index in [1.54, 1.807) is 7.11 Å². The van der Waals surface area contributed by atoms with E-state index in [1.807, 2.05) is 19.4 Å². The Hall–Kier alpha value is -0.782. The van der Waals surface area contributed by atoms with Crippen LogP contribution in [0.3, 0.4) is 0 Å². The first kappa shape index (κ1) is 9.76. The summed E-state index contributed by atoms with van der Waals surface area (Å²) in [7, 11) is 1.70. The fraction of sp³-hybridized carbons (Fsp3) is 0.0833. The van der Waals surface area contributed by atoms with Gasteiger partial charge in [0, 0.05) is 0 Å². The van der Waals surface area contributed by atoms with Crippen molar-refractivity contribution < 1.29 is 24.1 Å². The van der Waals surface area contributed by atoms with Gasteiger partial charge in [-0.2, -0.15) is 0 Å². The summed E-state index contributed by atoms with van der Waals surface area (Å²) in [5.74, 6) is 0. The zero-order valence-electron chi connectivity index (χ0n) is 7.86. The van der Waals surface area contributed by atoms with Crippen LogP contribution >= 0.6 is 0 Å². The van der Waals surface area contributed by atoms with Crippen molar-refractivity contribution in [3.05, 3.63) is 48.0 Å². The summed E-state index contributed by atoms with van der Waals surface area (Å²) >= 11 is 1.90. The Morgan fingerprint density at radius 1 is 1.07 bits per heavy atom. The van der Waals surface area contributed by atoms with Gasteiger partial charge in [-0.25, -0.2) is 0 Å². The predicted octanol–water partition coefficient (Wildman–Crippen LogP) is 2.51. The van der Waals surface area contributed by atoms with Gasteiger partial charge in [0.05, 0.1) is 0 Å². The molecule has 2 aromatic rings. The molecular weight excluding hydrogens is 256 g/mol. The van der Waals surface area contributed by atoms with Crippen LogP contribution in [-0.4, -0.2) is 11.2 Å². The van der Waals surface area contributed by atoms with Gasteiger partial charge in [0.2, 0.25) is 0 Å². The molecule has 0 radical (unpaired) electrons. The third kappa shape index (κ3) is 1.84. The third-order valence-corrected chi connectivity index (χ3v) is 3.16. The summed E-state index contributed by atoms with van der Waals surface area (Å²) in [6, 6.07) is 14.7. The molecule has 0 saturated carbocycles. The van der Waals surface area contributed by atoms with Crippen molar-refractivity contribution in [1.29, 1.82) is 0 Å². The second-order valence-corrected chi connectivity index (χ2v) is 3.96. The molecule has 0 aliphatic rings. The van der Waals surface area contributed by atoms with Gasteiger partial charge in [0.15, 0.2) is 0 Å². The molecule has 0 aliphatic heterocycles. The van der Waals surface area contributed by atoms with Gasteiger partial charge < -0.3 is 0 Å². The van der Waals surface area contributed by atoms with E-state index < -0.39 is 0 Å². The van der Waals surface area contributed by atoms with Crippen molar-refractivity contribution in [3.8, 4) is 0 Å². The number of benzene rings is 2. The molecule has 2 heteroatoms. The van der Waals surface area contributed by atoms with Crippen LogP contribution in [0.25, 0.3) is 10.8 Å². The van der Waals surface area contributed by atoms with Crippen molar-refractivity contribution in [2.75, 3.05) is 7.11 Å². The average Bonchev–Trinajstić information content (AvgIpc) is 2.27. The van der Waals surface area contributed by atoms with Crippen LogP contribution in [0.5, 0.6) is 0 Å². The van der Waals surface area contributed by atoms with Crippen LogP contribution in [0, 0.1) is 0 Å². The minimum atomic E-state index is 0.964. The van der Waals surface area contributed by atoms with E-state index in [0.717, 1.165) is 9.65 Å². The Bertz CT molecular complexity index is 476. The molecule has 70 valence electrons. The zero-order valence-corrected chi connectivity index (χ0v) is 9.86. The first-order valence-electron chi connectivity index (χ1n) is 4.38. The molecule has 0 saturated heterocycles. The Balaban J connectivity index is 2.56. The predicted molar refractivity (Wildman–Crippen MR) is 55.1 cm³/mol. The molecule has 1 nitrogen and oxygen atoms in total. The average molecular weight is 266 g/mol. The Kier molecular flexibility index (Phi) is 2.90. The van der Waals surface area contributed by atoms with Gasteiger partial charge in [-0.3, -0.25) is 0 Å². The molecule has 0 aromatic heterocycles. The maximum atomic E-state index is 5.21. The molecule has 0 amide bonds. The Morgan fingerprint density at radius 2 is 1.79 bits per heavy atom. The van der Waals surface area contributed by atoms with Crippen LogP contribution in [0.2, 0.25) is 0 Å². The number of hydrogen-bond acceptors (Lipinski definition) is 1. The Labute approximate surface area is 94.1 Å². The van der Waals surface area contributed by atoms with Crippen LogP contribution in [-0.2, 0) is 24.1 Å². The van der Waals surface area contributed by atoms with Crippen LogP contribution < -0.4 is 0 Å². The van der Waals surface area contributed by atoms with Crippen molar-refractivity contribution in [3.63, 3.8) is 0 Å². The van der Waals surface area contributed by atoms with Crippen LogP contribution in [0.4, 0.5) is 0 Å². The van der Waals surface area contributed by atoms with Crippen molar-refractivity contribution in [2.45, 2.75) is 0 Å². The quantitative estimate of drug-likeness (QED) is 0.759. The van der Waals surface area contributed by atoms with Gasteiger partial charge in [0.25, 0.3) is 0 Å². The molecule has 14 heavy (non-hydrogen) atoms. The summed E-state index contributed by atoms with van der Waals surface area (Å²) in [6.07, 6.45) is 0. The first-order chi connectivity index (χ1) is 6.81. The molecule has 0 heterocycles. The maximum absolute atomic E-state index is 5.21. The molecule has 2 aromatic carbocycles. The van der Waals surface area contributed by atoms with E-state index in [2.05, 4.69) is 42.5 Å². The topological polar surface area (TPSA) is 9.23 Å². The monoisotopic (exact) mass is 268 g/mol. The third-order valence-electron chi connectivity index (χ3n) is 2.17. The standard InChI is InChI=1S/C12H10O.Mo/c1-13-9-10-6-7-11-4-2-3-5-12(11)8-10;/h2-8H,1H3;. The summed E-state index contributed by atoms with van der Waals surface area (Å²) < 4.78 is 6.17. The van der Waals surface area contributed by atoms with Gasteiger partial charge in [0.1, 0.15) is 0 Å². The zero-order chi connectivity index (χ0) is 9.97. The Morgan fingerprint density at radius 3 is 2.50 bits per heavy atom. The molecular formula is C12H10MoO. The molecule has 0 N–H and O–H groups in total. The fourth-order valence-corrected chi connectivity index (χ4v) is 1.75. The normalized spacial score (nSPS) is 10.4. The summed E-state index contributed by atoms with van der Waals surface area (Å²) in [5, 5.41) is 2.52. The summed E-state index contributed by atoms with van der Waals surface area (Å²) in [4.78, 5) is 0. The van der Waals surface area contributed by atoms with Crippen LogP contribution in [0.15, 0.2) is 42.5 Å². The van der Waals surface area contributed by atoms with Gasteiger partial charge in [-0.05, 0) is 0 Å². The van der Waals surface area contributed by atoms with E-state index in [4.69, 9.17) is 4.74 Å². The molecule has 0 bridgehead atoms. The number of ether oxygens (including phenoxy) is 1. The molecule has 0 fully saturated rings. The van der Waals surface area contributed by atoms with E-state index in [1.165, 1.54) is 10.8 Å². The number of fused-ring (bicyclic) bond motifs is 1. The van der Waals surface area contributed by atoms with E-state index in [9.17, 15) is 0 Å². The molecule has 0 unspecified atom stereocenters. The number of rotatable bonds is 2. The first-order valence-corrected chi connectivity index (χ1v) is 5.39. The molecule has 0 aliphatic carbocycles. The SMILES string of the molecule is CO[C](=[Mo])c1ccc2ccccc2c1. The van der Waals surface area contributed by atoms with Gasteiger partial charge in [-0.1, -0.05) is 0 Å². The van der Waals surface area contributed by atoms with Crippen molar-refractivity contribution >= 4 is 14.9 Å². The molecule has 2 rings (SSSR count). The van der Waals surface area contributed by atoms with Crippen LogP contribution in [0.1, 0.15) is 5.56 Å². The van der Waals surface area contributed by atoms with Crippen molar-refractivity contribution in [2.24, 2.45) is 0 Å². The second-order valence-electron chi connectivity index (χ2n) is 3.05. The van der Waals surface area contributed by atoms with E-state index in [-0.39, 0.29) is 0 Å². The van der Waals surface area contributed by atoms with E-state index >= 15 is 0 Å². The van der Waals surface area contributed by atoms with Gasteiger partial charge >= 0.3 is 94.1 Å². The fourth-order valence-electron chi connectivity index (χ4n) is 1.43. The summed E-state index contributed by atoms with van der Waals surface area (Å²) in [6.45, 7) is 0. The van der Waals surface area contributed by atoms with E-state index in [0.29, 0.717) is 0 Å². The van der Waals surface area contributed by atoms with Crippen molar-refractivity contribution in [1.82, 2.24) is 0 Å². The number of hydrogen-bond donors (Lipinski definition) is 0. The molecule has 0 spiro atoms. The summed E-state index contributed by atoms with van der Waals surface area (Å²) in [5.41, 5.74) is 1.15. The number of methoxy groups -OCH3 is 1.